The molecule has 3 rings (SSSR count). The zero-order valence-electron chi connectivity index (χ0n) is 11.9. The summed E-state index contributed by atoms with van der Waals surface area (Å²) in [7, 11) is 0. The van der Waals surface area contributed by atoms with Crippen LogP contribution in [0.2, 0.25) is 0 Å². The Kier molecular flexibility index (Phi) is 4.27. The highest BCUT2D eigenvalue weighted by Crippen LogP contribution is 2.23. The first kappa shape index (κ1) is 13.9. The molecule has 0 spiro atoms. The maximum Gasteiger partial charge on any atom is 0.124 e. The van der Waals surface area contributed by atoms with E-state index < -0.39 is 0 Å². The Morgan fingerprint density at radius 2 is 2.30 bits per heavy atom. The number of alkyl halides is 1. The summed E-state index contributed by atoms with van der Waals surface area (Å²) in [4.78, 5) is 4.65. The van der Waals surface area contributed by atoms with E-state index in [1.165, 1.54) is 30.3 Å². The summed E-state index contributed by atoms with van der Waals surface area (Å²) in [6, 6.07) is 6.25. The second-order valence-corrected chi connectivity index (χ2v) is 5.80. The van der Waals surface area contributed by atoms with Crippen LogP contribution in [-0.4, -0.2) is 22.3 Å². The van der Waals surface area contributed by atoms with Crippen molar-refractivity contribution in [3.63, 3.8) is 0 Å². The molecule has 1 aromatic heterocycles. The van der Waals surface area contributed by atoms with E-state index in [2.05, 4.69) is 34.7 Å². The lowest BCUT2D eigenvalue weighted by Crippen LogP contribution is -2.21. The van der Waals surface area contributed by atoms with Gasteiger partial charge in [0.05, 0.1) is 23.0 Å². The summed E-state index contributed by atoms with van der Waals surface area (Å²) in [5.41, 5.74) is 3.53. The molecule has 0 aliphatic carbocycles. The van der Waals surface area contributed by atoms with Gasteiger partial charge in [-0.05, 0) is 44.2 Å². The lowest BCUT2D eigenvalue weighted by Gasteiger charge is -2.23. The monoisotopic (exact) mass is 292 g/mol. The highest BCUT2D eigenvalue weighted by molar-refractivity contribution is 6.16. The molecule has 1 fully saturated rings. The van der Waals surface area contributed by atoms with Crippen LogP contribution in [0.1, 0.15) is 37.1 Å². The SMILES string of the molecule is Cc1cccc2nc(CCl)n(CCC3CCCCO3)c12. The number of para-hydroxylation sites is 1. The molecule has 0 bridgehead atoms. The minimum atomic E-state index is 0.397. The highest BCUT2D eigenvalue weighted by Gasteiger charge is 2.16. The van der Waals surface area contributed by atoms with Gasteiger partial charge in [-0.3, -0.25) is 0 Å². The molecule has 20 heavy (non-hydrogen) atoms. The van der Waals surface area contributed by atoms with Crippen LogP contribution in [0.15, 0.2) is 18.2 Å². The highest BCUT2D eigenvalue weighted by atomic mass is 35.5. The maximum absolute atomic E-state index is 6.06. The van der Waals surface area contributed by atoms with Crippen LogP contribution in [0, 0.1) is 6.92 Å². The molecule has 0 amide bonds. The van der Waals surface area contributed by atoms with Crippen LogP contribution in [0.4, 0.5) is 0 Å². The zero-order valence-corrected chi connectivity index (χ0v) is 12.7. The summed E-state index contributed by atoms with van der Waals surface area (Å²) < 4.78 is 8.10. The van der Waals surface area contributed by atoms with Gasteiger partial charge in [0.25, 0.3) is 0 Å². The quantitative estimate of drug-likeness (QED) is 0.795. The maximum atomic E-state index is 6.06. The summed E-state index contributed by atoms with van der Waals surface area (Å²) in [6.45, 7) is 3.99. The Morgan fingerprint density at radius 1 is 1.40 bits per heavy atom. The number of fused-ring (bicyclic) bond motifs is 1. The Balaban J connectivity index is 1.85. The van der Waals surface area contributed by atoms with Gasteiger partial charge in [0.2, 0.25) is 0 Å². The number of aryl methyl sites for hydroxylation is 2. The molecule has 1 atom stereocenters. The second-order valence-electron chi connectivity index (χ2n) is 5.53. The van der Waals surface area contributed by atoms with Gasteiger partial charge in [-0.15, -0.1) is 11.6 Å². The van der Waals surface area contributed by atoms with E-state index in [1.807, 2.05) is 0 Å². The summed E-state index contributed by atoms with van der Waals surface area (Å²) in [5.74, 6) is 1.42. The van der Waals surface area contributed by atoms with E-state index in [1.54, 1.807) is 0 Å². The van der Waals surface area contributed by atoms with Gasteiger partial charge in [-0.2, -0.15) is 0 Å². The standard InChI is InChI=1S/C16H21ClN2O/c1-12-5-4-7-14-16(12)19(15(11-17)18-14)9-8-13-6-2-3-10-20-13/h4-5,7,13H,2-3,6,8-11H2,1H3. The molecule has 2 heterocycles. The molecule has 4 heteroatoms. The second kappa shape index (κ2) is 6.15. The first-order valence-corrected chi connectivity index (χ1v) is 7.95. The Bertz CT molecular complexity index is 587. The number of hydrogen-bond donors (Lipinski definition) is 0. The number of hydrogen-bond acceptors (Lipinski definition) is 2. The largest absolute Gasteiger partial charge is 0.378 e. The summed E-state index contributed by atoms with van der Waals surface area (Å²) in [5, 5.41) is 0. The van der Waals surface area contributed by atoms with E-state index >= 15 is 0 Å². The van der Waals surface area contributed by atoms with Gasteiger partial charge < -0.3 is 9.30 Å². The molecular weight excluding hydrogens is 272 g/mol. The lowest BCUT2D eigenvalue weighted by atomic mass is 10.1. The van der Waals surface area contributed by atoms with Crippen LogP contribution in [0.5, 0.6) is 0 Å². The van der Waals surface area contributed by atoms with Crippen LogP contribution >= 0.6 is 11.6 Å². The van der Waals surface area contributed by atoms with Crippen LogP contribution in [0.3, 0.4) is 0 Å². The van der Waals surface area contributed by atoms with Crippen molar-refractivity contribution in [2.24, 2.45) is 0 Å². The van der Waals surface area contributed by atoms with Crippen molar-refractivity contribution < 1.29 is 4.74 Å². The van der Waals surface area contributed by atoms with Crippen LogP contribution in [-0.2, 0) is 17.2 Å². The van der Waals surface area contributed by atoms with Crippen molar-refractivity contribution in [3.8, 4) is 0 Å². The Hall–Kier alpha value is -1.06. The van der Waals surface area contributed by atoms with Gasteiger partial charge >= 0.3 is 0 Å². The number of rotatable bonds is 4. The molecule has 1 aliphatic rings. The topological polar surface area (TPSA) is 27.1 Å². The Morgan fingerprint density at radius 3 is 3.05 bits per heavy atom. The van der Waals surface area contributed by atoms with Crippen LogP contribution in [0.25, 0.3) is 11.0 Å². The van der Waals surface area contributed by atoms with Crippen LogP contribution < -0.4 is 0 Å². The third-order valence-electron chi connectivity index (χ3n) is 4.12. The molecule has 1 saturated heterocycles. The van der Waals surface area contributed by atoms with Crippen molar-refractivity contribution >= 4 is 22.6 Å². The first-order chi connectivity index (χ1) is 9.79. The molecule has 1 aliphatic heterocycles. The van der Waals surface area contributed by atoms with E-state index in [4.69, 9.17) is 16.3 Å². The number of benzene rings is 1. The summed E-state index contributed by atoms with van der Waals surface area (Å²) >= 11 is 6.06. The molecule has 3 nitrogen and oxygen atoms in total. The number of aromatic nitrogens is 2. The van der Waals surface area contributed by atoms with Gasteiger partial charge in [0.1, 0.15) is 5.82 Å². The fraction of sp³-hybridized carbons (Fsp3) is 0.562. The molecule has 2 aromatic rings. The zero-order chi connectivity index (χ0) is 13.9. The van der Waals surface area contributed by atoms with Crippen molar-refractivity contribution in [3.05, 3.63) is 29.6 Å². The molecule has 0 radical (unpaired) electrons. The van der Waals surface area contributed by atoms with E-state index in [-0.39, 0.29) is 0 Å². The average Bonchev–Trinajstić information content (AvgIpc) is 2.85. The van der Waals surface area contributed by atoms with Crippen molar-refractivity contribution in [2.45, 2.75) is 51.1 Å². The minimum absolute atomic E-state index is 0.397. The molecular formula is C16H21ClN2O. The van der Waals surface area contributed by atoms with Crippen molar-refractivity contribution in [1.29, 1.82) is 0 Å². The van der Waals surface area contributed by atoms with Crippen molar-refractivity contribution in [1.82, 2.24) is 9.55 Å². The molecule has 1 aromatic carbocycles. The summed E-state index contributed by atoms with van der Waals surface area (Å²) in [6.07, 6.45) is 5.12. The smallest absolute Gasteiger partial charge is 0.124 e. The number of nitrogens with zero attached hydrogens (tertiary/aromatic N) is 2. The fourth-order valence-corrected chi connectivity index (χ4v) is 3.27. The van der Waals surface area contributed by atoms with Gasteiger partial charge in [-0.25, -0.2) is 4.98 Å². The van der Waals surface area contributed by atoms with E-state index in [9.17, 15) is 0 Å². The first-order valence-electron chi connectivity index (χ1n) is 7.42. The van der Waals surface area contributed by atoms with Gasteiger partial charge in [0, 0.05) is 13.2 Å². The number of imidazole rings is 1. The Labute approximate surface area is 124 Å². The predicted octanol–water partition coefficient (Wildman–Crippen LogP) is 4.04. The molecule has 108 valence electrons. The lowest BCUT2D eigenvalue weighted by molar-refractivity contribution is 0.00889. The van der Waals surface area contributed by atoms with E-state index in [0.29, 0.717) is 12.0 Å². The molecule has 0 N–H and O–H groups in total. The molecule has 0 saturated carbocycles. The minimum Gasteiger partial charge on any atom is -0.378 e. The fourth-order valence-electron chi connectivity index (χ4n) is 3.06. The average molecular weight is 293 g/mol. The third-order valence-corrected chi connectivity index (χ3v) is 4.35. The molecule has 1 unspecified atom stereocenters. The van der Waals surface area contributed by atoms with Gasteiger partial charge in [0.15, 0.2) is 0 Å². The number of halogens is 1. The van der Waals surface area contributed by atoms with Crippen molar-refractivity contribution in [2.75, 3.05) is 6.61 Å². The van der Waals surface area contributed by atoms with E-state index in [0.717, 1.165) is 30.9 Å². The third kappa shape index (κ3) is 2.70. The van der Waals surface area contributed by atoms with Gasteiger partial charge in [-0.1, -0.05) is 12.1 Å². The number of ether oxygens (including phenoxy) is 1. The predicted molar refractivity (Wildman–Crippen MR) is 82.2 cm³/mol. The normalized spacial score (nSPS) is 19.6.